The van der Waals surface area contributed by atoms with Crippen molar-refractivity contribution in [2.75, 3.05) is 5.32 Å². The minimum absolute atomic E-state index is 0.189. The minimum Gasteiger partial charge on any atom is -0.307 e. The summed E-state index contributed by atoms with van der Waals surface area (Å²) in [5, 5.41) is 9.10. The van der Waals surface area contributed by atoms with E-state index in [4.69, 9.17) is 0 Å². The second-order valence-electron chi connectivity index (χ2n) is 4.15. The molecule has 3 aromatic rings. The summed E-state index contributed by atoms with van der Waals surface area (Å²) in [5.74, 6) is 0.485. The molecule has 0 radical (unpaired) electrons. The number of aromatic nitrogens is 3. The Balaban J connectivity index is 1.75. The van der Waals surface area contributed by atoms with Crippen LogP contribution in [-0.2, 0) is 6.54 Å². The number of pyridine rings is 1. The molecule has 0 aliphatic rings. The van der Waals surface area contributed by atoms with Gasteiger partial charge in [-0.05, 0) is 23.6 Å². The van der Waals surface area contributed by atoms with Gasteiger partial charge in [-0.1, -0.05) is 6.07 Å². The van der Waals surface area contributed by atoms with Crippen LogP contribution in [0.3, 0.4) is 0 Å². The quantitative estimate of drug-likeness (QED) is 0.801. The highest BCUT2D eigenvalue weighted by Gasteiger charge is 2.10. The number of anilines is 1. The second kappa shape index (κ2) is 5.66. The molecule has 3 aromatic heterocycles. The number of thiophene rings is 1. The SMILES string of the molecule is O=C(Nc1ccnn1Cc1cccs1)c1cccnc1. The van der Waals surface area contributed by atoms with Crippen LogP contribution in [-0.4, -0.2) is 20.7 Å². The molecule has 0 saturated heterocycles. The first-order valence-corrected chi connectivity index (χ1v) is 6.96. The number of amides is 1. The maximum Gasteiger partial charge on any atom is 0.258 e. The van der Waals surface area contributed by atoms with Gasteiger partial charge in [-0.25, -0.2) is 4.68 Å². The van der Waals surface area contributed by atoms with Crippen molar-refractivity contribution in [3.63, 3.8) is 0 Å². The maximum absolute atomic E-state index is 12.1. The monoisotopic (exact) mass is 284 g/mol. The van der Waals surface area contributed by atoms with Crippen molar-refractivity contribution < 1.29 is 4.79 Å². The van der Waals surface area contributed by atoms with E-state index >= 15 is 0 Å². The van der Waals surface area contributed by atoms with Crippen molar-refractivity contribution in [3.05, 3.63) is 64.7 Å². The summed E-state index contributed by atoms with van der Waals surface area (Å²) in [7, 11) is 0. The maximum atomic E-state index is 12.1. The van der Waals surface area contributed by atoms with Gasteiger partial charge in [0.2, 0.25) is 0 Å². The molecule has 20 heavy (non-hydrogen) atoms. The molecule has 0 unspecified atom stereocenters. The molecule has 0 bridgehead atoms. The summed E-state index contributed by atoms with van der Waals surface area (Å²) in [6.07, 6.45) is 4.85. The molecular formula is C14H12N4OS. The normalized spacial score (nSPS) is 10.4. The molecule has 3 rings (SSSR count). The Kier molecular flexibility index (Phi) is 3.56. The molecule has 0 aliphatic carbocycles. The molecule has 0 atom stereocenters. The molecule has 1 amide bonds. The standard InChI is InChI=1S/C14H12N4OS/c19-14(11-3-1-6-15-9-11)17-13-5-7-16-18(13)10-12-4-2-8-20-12/h1-9H,10H2,(H,17,19). The lowest BCUT2D eigenvalue weighted by atomic mass is 10.3. The topological polar surface area (TPSA) is 59.8 Å². The van der Waals surface area contributed by atoms with Gasteiger partial charge in [0.1, 0.15) is 5.82 Å². The van der Waals surface area contributed by atoms with Gasteiger partial charge in [0.25, 0.3) is 5.91 Å². The fraction of sp³-hybridized carbons (Fsp3) is 0.0714. The van der Waals surface area contributed by atoms with Gasteiger partial charge in [0, 0.05) is 23.3 Å². The van der Waals surface area contributed by atoms with Crippen molar-refractivity contribution in [3.8, 4) is 0 Å². The van der Waals surface area contributed by atoms with E-state index in [1.165, 1.54) is 11.1 Å². The molecule has 1 N–H and O–H groups in total. The minimum atomic E-state index is -0.189. The number of hydrogen-bond donors (Lipinski definition) is 1. The van der Waals surface area contributed by atoms with E-state index in [0.29, 0.717) is 17.9 Å². The Bertz CT molecular complexity index is 691. The summed E-state index contributed by atoms with van der Waals surface area (Å²) in [5.41, 5.74) is 0.524. The number of nitrogens with one attached hydrogen (secondary N) is 1. The molecule has 0 spiro atoms. The Morgan fingerprint density at radius 3 is 2.95 bits per heavy atom. The van der Waals surface area contributed by atoms with Gasteiger partial charge in [0.15, 0.2) is 0 Å². The van der Waals surface area contributed by atoms with E-state index in [2.05, 4.69) is 15.4 Å². The highest BCUT2D eigenvalue weighted by Crippen LogP contribution is 2.14. The van der Waals surface area contributed by atoms with Crippen LogP contribution in [0.1, 0.15) is 15.2 Å². The third kappa shape index (κ3) is 2.75. The first-order valence-electron chi connectivity index (χ1n) is 6.08. The highest BCUT2D eigenvalue weighted by molar-refractivity contribution is 7.09. The molecule has 5 nitrogen and oxygen atoms in total. The molecule has 6 heteroatoms. The number of rotatable bonds is 4. The van der Waals surface area contributed by atoms with Crippen LogP contribution in [0.2, 0.25) is 0 Å². The van der Waals surface area contributed by atoms with E-state index in [-0.39, 0.29) is 5.91 Å². The smallest absolute Gasteiger partial charge is 0.258 e. The van der Waals surface area contributed by atoms with E-state index in [1.807, 2.05) is 17.5 Å². The summed E-state index contributed by atoms with van der Waals surface area (Å²) in [4.78, 5) is 17.2. The van der Waals surface area contributed by atoms with Crippen molar-refractivity contribution >= 4 is 23.1 Å². The van der Waals surface area contributed by atoms with Crippen LogP contribution < -0.4 is 5.32 Å². The third-order valence-electron chi connectivity index (χ3n) is 2.77. The number of nitrogens with zero attached hydrogens (tertiary/aromatic N) is 3. The van der Waals surface area contributed by atoms with E-state index in [1.54, 1.807) is 46.6 Å². The molecule has 0 fully saturated rings. The van der Waals surface area contributed by atoms with Gasteiger partial charge >= 0.3 is 0 Å². The zero-order valence-electron chi connectivity index (χ0n) is 10.6. The van der Waals surface area contributed by atoms with Crippen LogP contribution in [0, 0.1) is 0 Å². The van der Waals surface area contributed by atoms with Crippen LogP contribution in [0.4, 0.5) is 5.82 Å². The predicted octanol–water partition coefficient (Wildman–Crippen LogP) is 2.64. The van der Waals surface area contributed by atoms with Crippen molar-refractivity contribution in [2.45, 2.75) is 6.54 Å². The van der Waals surface area contributed by atoms with Crippen molar-refractivity contribution in [2.24, 2.45) is 0 Å². The van der Waals surface area contributed by atoms with E-state index in [9.17, 15) is 4.79 Å². The summed E-state index contributed by atoms with van der Waals surface area (Å²) < 4.78 is 1.76. The first-order chi connectivity index (χ1) is 9.83. The molecule has 3 heterocycles. The highest BCUT2D eigenvalue weighted by atomic mass is 32.1. The van der Waals surface area contributed by atoms with E-state index in [0.717, 1.165) is 0 Å². The molecular weight excluding hydrogens is 272 g/mol. The Morgan fingerprint density at radius 2 is 2.20 bits per heavy atom. The Labute approximate surface area is 119 Å². The number of carbonyl (C=O) groups excluding carboxylic acids is 1. The van der Waals surface area contributed by atoms with Crippen LogP contribution >= 0.6 is 11.3 Å². The third-order valence-corrected chi connectivity index (χ3v) is 3.63. The number of hydrogen-bond acceptors (Lipinski definition) is 4. The van der Waals surface area contributed by atoms with Gasteiger partial charge in [-0.15, -0.1) is 11.3 Å². The predicted molar refractivity (Wildman–Crippen MR) is 77.8 cm³/mol. The second-order valence-corrected chi connectivity index (χ2v) is 5.18. The fourth-order valence-corrected chi connectivity index (χ4v) is 2.49. The summed E-state index contributed by atoms with van der Waals surface area (Å²) in [6.45, 7) is 0.646. The van der Waals surface area contributed by atoms with Gasteiger partial charge in [-0.2, -0.15) is 5.10 Å². The summed E-state index contributed by atoms with van der Waals surface area (Å²) >= 11 is 1.66. The Morgan fingerprint density at radius 1 is 1.25 bits per heavy atom. The lowest BCUT2D eigenvalue weighted by Crippen LogP contribution is -2.16. The van der Waals surface area contributed by atoms with Crippen LogP contribution in [0.15, 0.2) is 54.3 Å². The average molecular weight is 284 g/mol. The van der Waals surface area contributed by atoms with Gasteiger partial charge < -0.3 is 5.32 Å². The Hall–Kier alpha value is -2.47. The molecule has 0 aliphatic heterocycles. The lowest BCUT2D eigenvalue weighted by molar-refractivity contribution is 0.102. The average Bonchev–Trinajstić information content (AvgIpc) is 3.13. The van der Waals surface area contributed by atoms with Crippen LogP contribution in [0.5, 0.6) is 0 Å². The van der Waals surface area contributed by atoms with Crippen molar-refractivity contribution in [1.82, 2.24) is 14.8 Å². The van der Waals surface area contributed by atoms with E-state index < -0.39 is 0 Å². The lowest BCUT2D eigenvalue weighted by Gasteiger charge is -2.07. The van der Waals surface area contributed by atoms with Gasteiger partial charge in [0.05, 0.1) is 18.3 Å². The van der Waals surface area contributed by atoms with Crippen molar-refractivity contribution in [1.29, 1.82) is 0 Å². The molecule has 100 valence electrons. The fourth-order valence-electron chi connectivity index (χ4n) is 1.80. The molecule has 0 saturated carbocycles. The summed E-state index contributed by atoms with van der Waals surface area (Å²) in [6, 6.07) is 9.28. The zero-order valence-corrected chi connectivity index (χ0v) is 11.4. The largest absolute Gasteiger partial charge is 0.307 e. The van der Waals surface area contributed by atoms with Gasteiger partial charge in [-0.3, -0.25) is 9.78 Å². The number of carbonyl (C=O) groups is 1. The van der Waals surface area contributed by atoms with Crippen LogP contribution in [0.25, 0.3) is 0 Å². The zero-order chi connectivity index (χ0) is 13.8. The molecule has 0 aromatic carbocycles. The first kappa shape index (κ1) is 12.6.